The third-order valence-corrected chi connectivity index (χ3v) is 3.99. The summed E-state index contributed by atoms with van der Waals surface area (Å²) >= 11 is 0. The molecule has 3 rings (SSSR count). The Morgan fingerprint density at radius 2 is 1.86 bits per heavy atom. The van der Waals surface area contributed by atoms with Crippen LogP contribution in [0.3, 0.4) is 0 Å². The molecular formula is C16H17NO5. The maximum Gasteiger partial charge on any atom is 0.307 e. The zero-order valence-electron chi connectivity index (χ0n) is 12.0. The minimum atomic E-state index is -0.924. The molecule has 0 bridgehead atoms. The Balaban J connectivity index is 1.62. The van der Waals surface area contributed by atoms with Crippen LogP contribution in [0.2, 0.25) is 0 Å². The zero-order chi connectivity index (χ0) is 15.5. The van der Waals surface area contributed by atoms with Crippen LogP contribution >= 0.6 is 0 Å². The maximum absolute atomic E-state index is 12.3. The summed E-state index contributed by atoms with van der Waals surface area (Å²) in [4.78, 5) is 23.5. The van der Waals surface area contributed by atoms with Crippen molar-refractivity contribution in [2.75, 3.05) is 6.79 Å². The second-order valence-electron chi connectivity index (χ2n) is 5.40. The van der Waals surface area contributed by atoms with Gasteiger partial charge in [0.2, 0.25) is 12.7 Å². The van der Waals surface area contributed by atoms with Crippen molar-refractivity contribution in [1.29, 1.82) is 0 Å². The highest BCUT2D eigenvalue weighted by Gasteiger charge is 2.33. The summed E-state index contributed by atoms with van der Waals surface area (Å²) in [6.07, 6.45) is 4.55. The normalized spacial score (nSPS) is 22.4. The molecular weight excluding hydrogens is 286 g/mol. The Kier molecular flexibility index (Phi) is 4.00. The molecule has 0 spiro atoms. The van der Waals surface area contributed by atoms with Crippen molar-refractivity contribution in [1.82, 2.24) is 5.32 Å². The van der Waals surface area contributed by atoms with E-state index in [0.717, 1.165) is 5.56 Å². The first kappa shape index (κ1) is 14.4. The zero-order valence-corrected chi connectivity index (χ0v) is 12.0. The van der Waals surface area contributed by atoms with Gasteiger partial charge in [-0.05, 0) is 30.5 Å². The molecule has 1 aromatic rings. The molecule has 0 radical (unpaired) electrons. The predicted octanol–water partition coefficient (Wildman–Crippen LogP) is 1.70. The van der Waals surface area contributed by atoms with Gasteiger partial charge in [0.05, 0.1) is 11.8 Å². The Labute approximate surface area is 127 Å². The number of carbonyl (C=O) groups is 2. The number of ether oxygens (including phenoxy) is 2. The number of amides is 1. The number of benzene rings is 1. The number of hydrogen-bond acceptors (Lipinski definition) is 4. The number of allylic oxidation sites excluding steroid dienone is 2. The number of carbonyl (C=O) groups excluding carboxylic acids is 1. The van der Waals surface area contributed by atoms with Gasteiger partial charge in [0.25, 0.3) is 0 Å². The van der Waals surface area contributed by atoms with Crippen molar-refractivity contribution in [3.63, 3.8) is 0 Å². The maximum atomic E-state index is 12.3. The standard InChI is InChI=1S/C16H17NO5/c18-15(11-3-1-2-4-12(11)16(19)20)17-8-10-5-6-13-14(7-10)22-9-21-13/h1-2,5-7,11-12H,3-4,8-9H2,(H,17,18)(H,19,20)/t11-,12+/m0/s1. The molecule has 0 saturated carbocycles. The summed E-state index contributed by atoms with van der Waals surface area (Å²) in [5.41, 5.74) is 0.885. The number of fused-ring (bicyclic) bond motifs is 1. The van der Waals surface area contributed by atoms with Gasteiger partial charge in [-0.25, -0.2) is 0 Å². The van der Waals surface area contributed by atoms with Crippen LogP contribution in [-0.2, 0) is 16.1 Å². The molecule has 2 atom stereocenters. The van der Waals surface area contributed by atoms with E-state index in [9.17, 15) is 14.7 Å². The van der Waals surface area contributed by atoms with E-state index < -0.39 is 17.8 Å². The van der Waals surface area contributed by atoms with Crippen LogP contribution in [0.4, 0.5) is 0 Å². The van der Waals surface area contributed by atoms with Crippen molar-refractivity contribution in [2.24, 2.45) is 11.8 Å². The molecule has 0 unspecified atom stereocenters. The Morgan fingerprint density at radius 1 is 1.14 bits per heavy atom. The average Bonchev–Trinajstić information content (AvgIpc) is 3.00. The highest BCUT2D eigenvalue weighted by atomic mass is 16.7. The fourth-order valence-corrected chi connectivity index (χ4v) is 2.75. The number of rotatable bonds is 4. The molecule has 2 N–H and O–H groups in total. The number of aliphatic carboxylic acids is 1. The molecule has 0 fully saturated rings. The lowest BCUT2D eigenvalue weighted by Gasteiger charge is -2.24. The molecule has 1 aromatic carbocycles. The first-order valence-corrected chi connectivity index (χ1v) is 7.19. The van der Waals surface area contributed by atoms with Crippen molar-refractivity contribution < 1.29 is 24.2 Å². The SMILES string of the molecule is O=C(NCc1ccc2c(c1)OCO2)[C@H]1CC=CC[C@H]1C(=O)O. The molecule has 0 aromatic heterocycles. The summed E-state index contributed by atoms with van der Waals surface area (Å²) in [6, 6.07) is 5.47. The van der Waals surface area contributed by atoms with Crippen molar-refractivity contribution in [3.8, 4) is 11.5 Å². The van der Waals surface area contributed by atoms with Crippen LogP contribution < -0.4 is 14.8 Å². The predicted molar refractivity (Wildman–Crippen MR) is 77.4 cm³/mol. The van der Waals surface area contributed by atoms with Crippen LogP contribution in [0.15, 0.2) is 30.4 Å². The van der Waals surface area contributed by atoms with Crippen LogP contribution in [0.25, 0.3) is 0 Å². The summed E-state index contributed by atoms with van der Waals surface area (Å²) in [5.74, 6) is -0.963. The molecule has 22 heavy (non-hydrogen) atoms. The summed E-state index contributed by atoms with van der Waals surface area (Å²) in [5, 5.41) is 12.0. The Bertz CT molecular complexity index is 625. The molecule has 2 aliphatic rings. The van der Waals surface area contributed by atoms with Crippen molar-refractivity contribution >= 4 is 11.9 Å². The van der Waals surface area contributed by atoms with Crippen LogP contribution in [0.5, 0.6) is 11.5 Å². The van der Waals surface area contributed by atoms with E-state index in [1.54, 1.807) is 6.07 Å². The molecule has 1 amide bonds. The van der Waals surface area contributed by atoms with E-state index >= 15 is 0 Å². The number of nitrogens with one attached hydrogen (secondary N) is 1. The van der Waals surface area contributed by atoms with E-state index in [1.165, 1.54) is 0 Å². The van der Waals surface area contributed by atoms with E-state index in [0.29, 0.717) is 30.9 Å². The lowest BCUT2D eigenvalue weighted by atomic mass is 9.82. The first-order chi connectivity index (χ1) is 10.6. The van der Waals surface area contributed by atoms with Gasteiger partial charge >= 0.3 is 5.97 Å². The van der Waals surface area contributed by atoms with Gasteiger partial charge in [0.15, 0.2) is 11.5 Å². The van der Waals surface area contributed by atoms with Crippen LogP contribution in [-0.4, -0.2) is 23.8 Å². The average molecular weight is 303 g/mol. The largest absolute Gasteiger partial charge is 0.481 e. The summed E-state index contributed by atoms with van der Waals surface area (Å²) in [6.45, 7) is 0.544. The minimum Gasteiger partial charge on any atom is -0.481 e. The molecule has 1 aliphatic heterocycles. The third kappa shape index (κ3) is 2.90. The highest BCUT2D eigenvalue weighted by molar-refractivity contribution is 5.85. The topological polar surface area (TPSA) is 84.9 Å². The molecule has 6 nitrogen and oxygen atoms in total. The van der Waals surface area contributed by atoms with Crippen LogP contribution in [0, 0.1) is 11.8 Å². The fourth-order valence-electron chi connectivity index (χ4n) is 2.75. The van der Waals surface area contributed by atoms with Crippen LogP contribution in [0.1, 0.15) is 18.4 Å². The molecule has 6 heteroatoms. The summed E-state index contributed by atoms with van der Waals surface area (Å²) in [7, 11) is 0. The first-order valence-electron chi connectivity index (χ1n) is 7.19. The number of carboxylic acid groups (broad SMARTS) is 1. The minimum absolute atomic E-state index is 0.208. The molecule has 1 aliphatic carbocycles. The van der Waals surface area contributed by atoms with Gasteiger partial charge < -0.3 is 19.9 Å². The van der Waals surface area contributed by atoms with Crippen molar-refractivity contribution in [2.45, 2.75) is 19.4 Å². The van der Waals surface area contributed by atoms with Gasteiger partial charge in [-0.2, -0.15) is 0 Å². The van der Waals surface area contributed by atoms with E-state index in [4.69, 9.17) is 9.47 Å². The van der Waals surface area contributed by atoms with Crippen molar-refractivity contribution in [3.05, 3.63) is 35.9 Å². The second kappa shape index (κ2) is 6.09. The van der Waals surface area contributed by atoms with Gasteiger partial charge in [-0.3, -0.25) is 9.59 Å². The molecule has 1 heterocycles. The molecule has 0 saturated heterocycles. The molecule has 116 valence electrons. The Morgan fingerprint density at radius 3 is 2.64 bits per heavy atom. The number of hydrogen-bond donors (Lipinski definition) is 2. The monoisotopic (exact) mass is 303 g/mol. The van der Waals surface area contributed by atoms with Gasteiger partial charge in [-0.15, -0.1) is 0 Å². The Hall–Kier alpha value is -2.50. The highest BCUT2D eigenvalue weighted by Crippen LogP contribution is 2.32. The van der Waals surface area contributed by atoms with Gasteiger partial charge in [0.1, 0.15) is 0 Å². The fraction of sp³-hybridized carbons (Fsp3) is 0.375. The lowest BCUT2D eigenvalue weighted by molar-refractivity contribution is -0.147. The smallest absolute Gasteiger partial charge is 0.307 e. The third-order valence-electron chi connectivity index (χ3n) is 3.99. The quantitative estimate of drug-likeness (QED) is 0.827. The second-order valence-corrected chi connectivity index (χ2v) is 5.40. The van der Waals surface area contributed by atoms with Gasteiger partial charge in [-0.1, -0.05) is 18.2 Å². The van der Waals surface area contributed by atoms with E-state index in [2.05, 4.69) is 5.32 Å². The number of carboxylic acids is 1. The van der Waals surface area contributed by atoms with E-state index in [1.807, 2.05) is 24.3 Å². The summed E-state index contributed by atoms with van der Waals surface area (Å²) < 4.78 is 10.5. The van der Waals surface area contributed by atoms with Gasteiger partial charge in [0, 0.05) is 6.54 Å². The lowest BCUT2D eigenvalue weighted by Crippen LogP contribution is -2.38. The van der Waals surface area contributed by atoms with E-state index in [-0.39, 0.29) is 12.7 Å².